The van der Waals surface area contributed by atoms with Gasteiger partial charge in [-0.15, -0.1) is 0 Å². The molecule has 0 aromatic heterocycles. The van der Waals surface area contributed by atoms with E-state index in [4.69, 9.17) is 0 Å². The average molecular weight is 267 g/mol. The average Bonchev–Trinajstić information content (AvgIpc) is 2.48. The molecule has 1 nitrogen and oxygen atoms in total. The maximum atomic E-state index is 2.48. The number of benzene rings is 2. The zero-order valence-electron chi connectivity index (χ0n) is 12.8. The van der Waals surface area contributed by atoms with Crippen LogP contribution in [0.2, 0.25) is 0 Å². The fourth-order valence-corrected chi connectivity index (χ4v) is 2.43. The Hall–Kier alpha value is -1.60. The van der Waals surface area contributed by atoms with Gasteiger partial charge in [0.15, 0.2) is 0 Å². The van der Waals surface area contributed by atoms with Crippen LogP contribution in [0.5, 0.6) is 0 Å². The zero-order chi connectivity index (χ0) is 14.4. The van der Waals surface area contributed by atoms with Gasteiger partial charge in [-0.1, -0.05) is 75.4 Å². The van der Waals surface area contributed by atoms with E-state index in [2.05, 4.69) is 80.3 Å². The summed E-state index contributed by atoms with van der Waals surface area (Å²) in [6.45, 7) is 9.84. The first-order valence-corrected chi connectivity index (χ1v) is 7.54. The Bertz CT molecular complexity index is 516. The third-order valence-electron chi connectivity index (χ3n) is 3.72. The summed E-state index contributed by atoms with van der Waals surface area (Å²) in [6.07, 6.45) is 0. The molecule has 0 bridgehead atoms. The molecule has 0 N–H and O–H groups in total. The lowest BCUT2D eigenvalue weighted by molar-refractivity contribution is 0.271. The fraction of sp³-hybridized carbons (Fsp3) is 0.368. The van der Waals surface area contributed by atoms with Gasteiger partial charge in [0, 0.05) is 13.1 Å². The molecule has 0 fully saturated rings. The summed E-state index contributed by atoms with van der Waals surface area (Å²) < 4.78 is 0. The summed E-state index contributed by atoms with van der Waals surface area (Å²) >= 11 is 0. The number of rotatable bonds is 6. The molecule has 0 aliphatic rings. The largest absolute Gasteiger partial charge is 0.295 e. The molecule has 0 heterocycles. The Morgan fingerprint density at radius 1 is 0.850 bits per heavy atom. The minimum atomic E-state index is 0.596. The van der Waals surface area contributed by atoms with Crippen molar-refractivity contribution in [2.45, 2.75) is 39.8 Å². The van der Waals surface area contributed by atoms with Gasteiger partial charge in [-0.2, -0.15) is 0 Å². The summed E-state index contributed by atoms with van der Waals surface area (Å²) in [5.41, 5.74) is 4.22. The van der Waals surface area contributed by atoms with Gasteiger partial charge in [-0.25, -0.2) is 0 Å². The minimum Gasteiger partial charge on any atom is -0.295 e. The number of hydrogen-bond acceptors (Lipinski definition) is 1. The lowest BCUT2D eigenvalue weighted by Gasteiger charge is -2.21. The number of hydrogen-bond donors (Lipinski definition) is 0. The van der Waals surface area contributed by atoms with E-state index in [1.807, 2.05) is 0 Å². The first kappa shape index (κ1) is 14.8. The second kappa shape index (κ2) is 7.25. The van der Waals surface area contributed by atoms with Crippen molar-refractivity contribution in [3.05, 3.63) is 71.3 Å². The van der Waals surface area contributed by atoms with E-state index in [0.29, 0.717) is 5.92 Å². The predicted octanol–water partition coefficient (Wildman–Crippen LogP) is 4.83. The molecule has 0 saturated carbocycles. The van der Waals surface area contributed by atoms with Gasteiger partial charge in [0.1, 0.15) is 0 Å². The molecule has 20 heavy (non-hydrogen) atoms. The van der Waals surface area contributed by atoms with Crippen molar-refractivity contribution in [2.24, 2.45) is 0 Å². The van der Waals surface area contributed by atoms with E-state index in [9.17, 15) is 0 Å². The molecular weight excluding hydrogens is 242 g/mol. The molecular formula is C19H25N. The van der Waals surface area contributed by atoms with E-state index >= 15 is 0 Å². The van der Waals surface area contributed by atoms with Crippen LogP contribution in [0.4, 0.5) is 0 Å². The van der Waals surface area contributed by atoms with Crippen molar-refractivity contribution in [3.8, 4) is 0 Å². The number of nitrogens with zero attached hydrogens (tertiary/aromatic N) is 1. The van der Waals surface area contributed by atoms with Crippen molar-refractivity contribution in [3.63, 3.8) is 0 Å². The summed E-state index contributed by atoms with van der Waals surface area (Å²) in [4.78, 5) is 2.48. The van der Waals surface area contributed by atoms with E-state index in [-0.39, 0.29) is 0 Å². The van der Waals surface area contributed by atoms with Crippen LogP contribution >= 0.6 is 0 Å². The van der Waals surface area contributed by atoms with Crippen LogP contribution in [0.15, 0.2) is 54.6 Å². The molecule has 0 saturated heterocycles. The van der Waals surface area contributed by atoms with Gasteiger partial charge in [0.25, 0.3) is 0 Å². The van der Waals surface area contributed by atoms with Gasteiger partial charge in [-0.3, -0.25) is 4.90 Å². The van der Waals surface area contributed by atoms with Crippen molar-refractivity contribution in [2.75, 3.05) is 6.54 Å². The normalized spacial score (nSPS) is 11.2. The Labute approximate surface area is 123 Å². The van der Waals surface area contributed by atoms with Crippen LogP contribution in [-0.2, 0) is 13.1 Å². The highest BCUT2D eigenvalue weighted by Crippen LogP contribution is 2.17. The van der Waals surface area contributed by atoms with Crippen LogP contribution < -0.4 is 0 Å². The summed E-state index contributed by atoms with van der Waals surface area (Å²) in [5.74, 6) is 0.596. The van der Waals surface area contributed by atoms with Crippen molar-refractivity contribution >= 4 is 0 Å². The summed E-state index contributed by atoms with van der Waals surface area (Å²) in [5, 5.41) is 0. The Balaban J connectivity index is 2.04. The van der Waals surface area contributed by atoms with Gasteiger partial charge in [0.2, 0.25) is 0 Å². The molecule has 2 aromatic carbocycles. The Morgan fingerprint density at radius 2 is 1.50 bits per heavy atom. The molecule has 1 heteroatoms. The minimum absolute atomic E-state index is 0.596. The van der Waals surface area contributed by atoms with E-state index in [0.717, 1.165) is 19.6 Å². The third-order valence-corrected chi connectivity index (χ3v) is 3.72. The molecule has 0 aliphatic heterocycles. The second-order valence-corrected chi connectivity index (χ2v) is 5.69. The maximum absolute atomic E-state index is 2.48. The molecule has 106 valence electrons. The highest BCUT2D eigenvalue weighted by Gasteiger charge is 2.06. The van der Waals surface area contributed by atoms with E-state index < -0.39 is 0 Å². The summed E-state index contributed by atoms with van der Waals surface area (Å²) in [7, 11) is 0. The zero-order valence-corrected chi connectivity index (χ0v) is 12.8. The topological polar surface area (TPSA) is 3.24 Å². The standard InChI is InChI=1S/C19H25N/c1-4-20(14-17-9-6-5-7-10-17)15-18-11-8-12-19(13-18)16(2)3/h5-13,16H,4,14-15H2,1-3H3. The second-order valence-electron chi connectivity index (χ2n) is 5.69. The smallest absolute Gasteiger partial charge is 0.0237 e. The summed E-state index contributed by atoms with van der Waals surface area (Å²) in [6, 6.07) is 19.7. The van der Waals surface area contributed by atoms with Gasteiger partial charge in [0.05, 0.1) is 0 Å². The highest BCUT2D eigenvalue weighted by atomic mass is 15.1. The fourth-order valence-electron chi connectivity index (χ4n) is 2.43. The predicted molar refractivity (Wildman–Crippen MR) is 86.8 cm³/mol. The highest BCUT2D eigenvalue weighted by molar-refractivity contribution is 5.26. The van der Waals surface area contributed by atoms with E-state index in [1.54, 1.807) is 0 Å². The monoisotopic (exact) mass is 267 g/mol. The Morgan fingerprint density at radius 3 is 2.15 bits per heavy atom. The van der Waals surface area contributed by atoms with Crippen molar-refractivity contribution in [1.82, 2.24) is 4.90 Å². The lowest BCUT2D eigenvalue weighted by atomic mass is 10.0. The van der Waals surface area contributed by atoms with Crippen LogP contribution in [0.1, 0.15) is 43.4 Å². The molecule has 0 radical (unpaired) electrons. The quantitative estimate of drug-likeness (QED) is 0.724. The molecule has 2 aromatic rings. The molecule has 0 aliphatic carbocycles. The van der Waals surface area contributed by atoms with Gasteiger partial charge >= 0.3 is 0 Å². The van der Waals surface area contributed by atoms with Crippen LogP contribution in [-0.4, -0.2) is 11.4 Å². The van der Waals surface area contributed by atoms with Crippen molar-refractivity contribution < 1.29 is 0 Å². The van der Waals surface area contributed by atoms with Crippen LogP contribution in [0, 0.1) is 0 Å². The lowest BCUT2D eigenvalue weighted by Crippen LogP contribution is -2.22. The first-order chi connectivity index (χ1) is 9.69. The van der Waals surface area contributed by atoms with Crippen molar-refractivity contribution in [1.29, 1.82) is 0 Å². The van der Waals surface area contributed by atoms with Crippen LogP contribution in [0.25, 0.3) is 0 Å². The SMILES string of the molecule is CCN(Cc1ccccc1)Cc1cccc(C(C)C)c1. The Kier molecular flexibility index (Phi) is 5.37. The molecule has 2 rings (SSSR count). The molecule has 0 amide bonds. The first-order valence-electron chi connectivity index (χ1n) is 7.54. The molecule has 0 unspecified atom stereocenters. The third kappa shape index (κ3) is 4.21. The van der Waals surface area contributed by atoms with Crippen LogP contribution in [0.3, 0.4) is 0 Å². The van der Waals surface area contributed by atoms with E-state index in [1.165, 1.54) is 16.7 Å². The van der Waals surface area contributed by atoms with Gasteiger partial charge in [-0.05, 0) is 29.2 Å². The molecule has 0 atom stereocenters. The van der Waals surface area contributed by atoms with Gasteiger partial charge < -0.3 is 0 Å². The molecule has 0 spiro atoms. The maximum Gasteiger partial charge on any atom is 0.0237 e.